The molecule has 3 aromatic rings. The number of rotatable bonds is 3. The average molecular weight is 315 g/mol. The van der Waals surface area contributed by atoms with Crippen LogP contribution < -0.4 is 6.15 Å². The molecule has 4 nitrogen and oxygen atoms in total. The van der Waals surface area contributed by atoms with Gasteiger partial charge in [-0.25, -0.2) is 0 Å². The van der Waals surface area contributed by atoms with Crippen LogP contribution in [0, 0.1) is 0 Å². The predicted molar refractivity (Wildman–Crippen MR) is 90.2 cm³/mol. The Kier molecular flexibility index (Phi) is 4.32. The summed E-state index contributed by atoms with van der Waals surface area (Å²) in [7, 11) is -4.30. The summed E-state index contributed by atoms with van der Waals surface area (Å²) < 4.78 is 33.2. The molecule has 0 unspecified atom stereocenters. The summed E-state index contributed by atoms with van der Waals surface area (Å²) in [5.41, 5.74) is 0.551. The first-order valence-electron chi connectivity index (χ1n) is 6.54. The summed E-state index contributed by atoms with van der Waals surface area (Å²) in [5.74, 6) is 0. The van der Waals surface area contributed by atoms with E-state index in [2.05, 4.69) is 6.58 Å². The second-order valence-electron chi connectivity index (χ2n) is 4.90. The van der Waals surface area contributed by atoms with Gasteiger partial charge in [-0.2, -0.15) is 8.42 Å². The Morgan fingerprint density at radius 1 is 0.955 bits per heavy atom. The first kappa shape index (κ1) is 16.2. The molecule has 3 rings (SSSR count). The molecular formula is C17H17NO3S. The molecular weight excluding hydrogens is 298 g/mol. The third kappa shape index (κ3) is 2.62. The first-order valence-corrected chi connectivity index (χ1v) is 7.98. The Balaban J connectivity index is 0.00000176. The number of allylic oxidation sites excluding steroid dienone is 1. The third-order valence-electron chi connectivity index (χ3n) is 3.58. The predicted octanol–water partition coefficient (Wildman–Crippen LogP) is 4.13. The normalized spacial score (nSPS) is 11.3. The molecule has 0 aliphatic rings. The van der Waals surface area contributed by atoms with E-state index in [1.54, 1.807) is 18.2 Å². The standard InChI is InChI=1S/C17H14O3S.H3N/c1-2-5-13-9-10-15-14-7-4-3-6-12(14)8-11-16(15)17(13)21(18,19)20;/h2-4,6-11H,1,5H2,(H,18,19,20);1H3. The maximum atomic E-state index is 11.8. The second kappa shape index (κ2) is 5.88. The van der Waals surface area contributed by atoms with Crippen LogP contribution in [0.3, 0.4) is 0 Å². The van der Waals surface area contributed by atoms with Crippen molar-refractivity contribution in [3.05, 3.63) is 66.7 Å². The smallest absolute Gasteiger partial charge is 0.295 e. The summed E-state index contributed by atoms with van der Waals surface area (Å²) in [6.07, 6.45) is 2.01. The summed E-state index contributed by atoms with van der Waals surface area (Å²) >= 11 is 0. The highest BCUT2D eigenvalue weighted by atomic mass is 32.2. The SMILES string of the molecule is C=CCc1ccc2c(ccc3ccccc32)c1S(=O)(=O)O.N. The average Bonchev–Trinajstić information content (AvgIpc) is 2.45. The minimum atomic E-state index is -4.30. The monoisotopic (exact) mass is 315 g/mol. The summed E-state index contributed by atoms with van der Waals surface area (Å²) in [5, 5.41) is 3.34. The Labute approximate surface area is 129 Å². The highest BCUT2D eigenvalue weighted by molar-refractivity contribution is 7.86. The Bertz CT molecular complexity index is 962. The minimum absolute atomic E-state index is 0. The summed E-state index contributed by atoms with van der Waals surface area (Å²) in [6.45, 7) is 3.63. The molecule has 0 radical (unpaired) electrons. The van der Waals surface area contributed by atoms with E-state index < -0.39 is 10.1 Å². The van der Waals surface area contributed by atoms with Crippen molar-refractivity contribution < 1.29 is 13.0 Å². The minimum Gasteiger partial charge on any atom is -0.344 e. The summed E-state index contributed by atoms with van der Waals surface area (Å²) in [4.78, 5) is -0.0225. The van der Waals surface area contributed by atoms with E-state index in [1.165, 1.54) is 0 Å². The molecule has 4 N–H and O–H groups in total. The van der Waals surface area contributed by atoms with Gasteiger partial charge in [-0.15, -0.1) is 6.58 Å². The molecule has 0 amide bonds. The first-order chi connectivity index (χ1) is 10.0. The van der Waals surface area contributed by atoms with Crippen LogP contribution in [0.4, 0.5) is 0 Å². The molecule has 0 saturated carbocycles. The Morgan fingerprint density at radius 3 is 2.32 bits per heavy atom. The largest absolute Gasteiger partial charge is 0.344 e. The van der Waals surface area contributed by atoms with Crippen molar-refractivity contribution in [2.24, 2.45) is 0 Å². The number of hydrogen-bond donors (Lipinski definition) is 2. The quantitative estimate of drug-likeness (QED) is 0.432. The molecule has 0 fully saturated rings. The molecule has 5 heteroatoms. The molecule has 0 spiro atoms. The second-order valence-corrected chi connectivity index (χ2v) is 6.26. The lowest BCUT2D eigenvalue weighted by atomic mass is 9.99. The molecule has 0 aliphatic heterocycles. The van der Waals surface area contributed by atoms with Gasteiger partial charge in [-0.05, 0) is 28.1 Å². The van der Waals surface area contributed by atoms with Crippen molar-refractivity contribution in [3.63, 3.8) is 0 Å². The molecule has 3 aromatic carbocycles. The van der Waals surface area contributed by atoms with Crippen LogP contribution in [0.1, 0.15) is 5.56 Å². The van der Waals surface area contributed by atoms with Crippen LogP contribution in [0.25, 0.3) is 21.5 Å². The molecule has 114 valence electrons. The van der Waals surface area contributed by atoms with Gasteiger partial charge in [0.05, 0.1) is 0 Å². The number of hydrogen-bond acceptors (Lipinski definition) is 3. The Morgan fingerprint density at radius 2 is 1.64 bits per heavy atom. The topological polar surface area (TPSA) is 89.4 Å². The third-order valence-corrected chi connectivity index (χ3v) is 4.58. The van der Waals surface area contributed by atoms with Gasteiger partial charge in [0.25, 0.3) is 10.1 Å². The lowest BCUT2D eigenvalue weighted by Gasteiger charge is -2.11. The lowest BCUT2D eigenvalue weighted by molar-refractivity contribution is 0.483. The van der Waals surface area contributed by atoms with Crippen LogP contribution in [0.15, 0.2) is 66.1 Å². The molecule has 0 saturated heterocycles. The van der Waals surface area contributed by atoms with Gasteiger partial charge < -0.3 is 6.15 Å². The zero-order chi connectivity index (χ0) is 15.0. The fourth-order valence-corrected chi connectivity index (χ4v) is 3.67. The molecule has 0 heterocycles. The van der Waals surface area contributed by atoms with Gasteiger partial charge in [-0.3, -0.25) is 4.55 Å². The Hall–Kier alpha value is -2.21. The van der Waals surface area contributed by atoms with Crippen LogP contribution in [-0.2, 0) is 16.5 Å². The van der Waals surface area contributed by atoms with E-state index in [0.717, 1.165) is 16.2 Å². The maximum Gasteiger partial charge on any atom is 0.295 e. The molecule has 0 aromatic heterocycles. The van der Waals surface area contributed by atoms with E-state index >= 15 is 0 Å². The number of fused-ring (bicyclic) bond motifs is 3. The van der Waals surface area contributed by atoms with Crippen molar-refractivity contribution >= 4 is 31.7 Å². The van der Waals surface area contributed by atoms with Crippen LogP contribution in [0.2, 0.25) is 0 Å². The zero-order valence-electron chi connectivity index (χ0n) is 12.0. The molecule has 0 aliphatic carbocycles. The van der Waals surface area contributed by atoms with Crippen molar-refractivity contribution in [2.75, 3.05) is 0 Å². The highest BCUT2D eigenvalue weighted by Gasteiger charge is 2.19. The summed E-state index contributed by atoms with van der Waals surface area (Å²) in [6, 6.07) is 15.0. The lowest BCUT2D eigenvalue weighted by Crippen LogP contribution is -2.04. The van der Waals surface area contributed by atoms with Crippen LogP contribution in [-0.4, -0.2) is 13.0 Å². The van der Waals surface area contributed by atoms with Gasteiger partial charge >= 0.3 is 0 Å². The van der Waals surface area contributed by atoms with E-state index in [4.69, 9.17) is 0 Å². The fourth-order valence-electron chi connectivity index (χ4n) is 2.73. The van der Waals surface area contributed by atoms with Gasteiger partial charge in [0.15, 0.2) is 0 Å². The van der Waals surface area contributed by atoms with E-state index in [1.807, 2.05) is 36.4 Å². The highest BCUT2D eigenvalue weighted by Crippen LogP contribution is 2.32. The number of benzene rings is 3. The molecule has 0 bridgehead atoms. The van der Waals surface area contributed by atoms with Crippen molar-refractivity contribution in [1.29, 1.82) is 0 Å². The van der Waals surface area contributed by atoms with Gasteiger partial charge in [0.1, 0.15) is 4.90 Å². The zero-order valence-corrected chi connectivity index (χ0v) is 12.8. The van der Waals surface area contributed by atoms with Gasteiger partial charge in [0.2, 0.25) is 0 Å². The van der Waals surface area contributed by atoms with E-state index in [-0.39, 0.29) is 11.0 Å². The molecule has 0 atom stereocenters. The van der Waals surface area contributed by atoms with Gasteiger partial charge in [0, 0.05) is 5.39 Å². The fraction of sp³-hybridized carbons (Fsp3) is 0.0588. The van der Waals surface area contributed by atoms with Crippen LogP contribution >= 0.6 is 0 Å². The molecule has 22 heavy (non-hydrogen) atoms. The van der Waals surface area contributed by atoms with Crippen LogP contribution in [0.5, 0.6) is 0 Å². The van der Waals surface area contributed by atoms with Crippen molar-refractivity contribution in [3.8, 4) is 0 Å². The van der Waals surface area contributed by atoms with E-state index in [9.17, 15) is 13.0 Å². The maximum absolute atomic E-state index is 11.8. The van der Waals surface area contributed by atoms with Crippen molar-refractivity contribution in [2.45, 2.75) is 11.3 Å². The van der Waals surface area contributed by atoms with Crippen molar-refractivity contribution in [1.82, 2.24) is 6.15 Å². The van der Waals surface area contributed by atoms with Gasteiger partial charge in [-0.1, -0.05) is 54.6 Å². The van der Waals surface area contributed by atoms with E-state index in [0.29, 0.717) is 17.4 Å².